The van der Waals surface area contributed by atoms with Gasteiger partial charge in [0.1, 0.15) is 0 Å². The van der Waals surface area contributed by atoms with Crippen LogP contribution in [-0.4, -0.2) is 23.8 Å². The number of esters is 1. The standard InChI is InChI=1S/C13H22O3/c1-5-9-13(4,12(15)16-6-2)10-7-8-11(3)14/h5,7,10-11,14H,1,6,8-9H2,2-4H3/b10-7+. The number of allylic oxidation sites excluding steroid dienone is 1. The molecule has 92 valence electrons. The van der Waals surface area contributed by atoms with E-state index in [4.69, 9.17) is 9.84 Å². The number of ether oxygens (including phenoxy) is 1. The van der Waals surface area contributed by atoms with Crippen molar-refractivity contribution in [2.75, 3.05) is 6.61 Å². The van der Waals surface area contributed by atoms with E-state index < -0.39 is 11.5 Å². The van der Waals surface area contributed by atoms with Gasteiger partial charge in [0.15, 0.2) is 0 Å². The van der Waals surface area contributed by atoms with Crippen molar-refractivity contribution in [1.82, 2.24) is 0 Å². The van der Waals surface area contributed by atoms with Crippen LogP contribution >= 0.6 is 0 Å². The lowest BCUT2D eigenvalue weighted by Crippen LogP contribution is -2.27. The van der Waals surface area contributed by atoms with Crippen LogP contribution in [-0.2, 0) is 9.53 Å². The van der Waals surface area contributed by atoms with E-state index in [-0.39, 0.29) is 5.97 Å². The van der Waals surface area contributed by atoms with E-state index in [0.717, 1.165) is 0 Å². The summed E-state index contributed by atoms with van der Waals surface area (Å²) < 4.78 is 5.02. The van der Waals surface area contributed by atoms with Crippen LogP contribution in [0, 0.1) is 5.41 Å². The molecule has 2 atom stereocenters. The van der Waals surface area contributed by atoms with Gasteiger partial charge in [0.2, 0.25) is 0 Å². The van der Waals surface area contributed by atoms with E-state index >= 15 is 0 Å². The van der Waals surface area contributed by atoms with Crippen LogP contribution in [0.15, 0.2) is 24.8 Å². The van der Waals surface area contributed by atoms with Crippen LogP contribution in [0.5, 0.6) is 0 Å². The van der Waals surface area contributed by atoms with Crippen LogP contribution < -0.4 is 0 Å². The highest BCUT2D eigenvalue weighted by atomic mass is 16.5. The Morgan fingerprint density at radius 2 is 2.25 bits per heavy atom. The topological polar surface area (TPSA) is 46.5 Å². The first-order valence-electron chi connectivity index (χ1n) is 5.60. The minimum Gasteiger partial charge on any atom is -0.465 e. The van der Waals surface area contributed by atoms with Gasteiger partial charge >= 0.3 is 5.97 Å². The normalized spacial score (nSPS) is 16.8. The third kappa shape index (κ3) is 5.12. The number of rotatable bonds is 7. The monoisotopic (exact) mass is 226 g/mol. The summed E-state index contributed by atoms with van der Waals surface area (Å²) in [5.41, 5.74) is -0.674. The molecule has 0 bridgehead atoms. The van der Waals surface area contributed by atoms with Crippen molar-refractivity contribution >= 4 is 5.97 Å². The molecule has 3 heteroatoms. The van der Waals surface area contributed by atoms with Gasteiger partial charge in [0, 0.05) is 0 Å². The van der Waals surface area contributed by atoms with Gasteiger partial charge < -0.3 is 9.84 Å². The molecular weight excluding hydrogens is 204 g/mol. The maximum Gasteiger partial charge on any atom is 0.315 e. The van der Waals surface area contributed by atoms with Crippen molar-refractivity contribution in [3.63, 3.8) is 0 Å². The molecule has 0 aliphatic carbocycles. The Balaban J connectivity index is 4.61. The van der Waals surface area contributed by atoms with Gasteiger partial charge in [0.25, 0.3) is 0 Å². The van der Waals surface area contributed by atoms with Gasteiger partial charge in [-0.05, 0) is 33.6 Å². The molecule has 0 spiro atoms. The van der Waals surface area contributed by atoms with Crippen molar-refractivity contribution in [2.45, 2.75) is 39.7 Å². The molecule has 0 heterocycles. The van der Waals surface area contributed by atoms with Crippen molar-refractivity contribution < 1.29 is 14.6 Å². The summed E-state index contributed by atoms with van der Waals surface area (Å²) in [7, 11) is 0. The van der Waals surface area contributed by atoms with E-state index in [1.807, 2.05) is 13.0 Å². The average molecular weight is 226 g/mol. The SMILES string of the molecule is C=CCC(C)(/C=C/CC(C)O)C(=O)OCC. The van der Waals surface area contributed by atoms with Crippen molar-refractivity contribution in [3.05, 3.63) is 24.8 Å². The first kappa shape index (κ1) is 14.9. The number of hydrogen-bond donors (Lipinski definition) is 1. The Bertz CT molecular complexity index is 256. The minimum absolute atomic E-state index is 0.253. The number of hydrogen-bond acceptors (Lipinski definition) is 3. The Kier molecular flexibility index (Phi) is 6.74. The first-order valence-corrected chi connectivity index (χ1v) is 5.60. The summed E-state index contributed by atoms with van der Waals surface area (Å²) in [5.74, 6) is -0.253. The Labute approximate surface area is 97.8 Å². The first-order chi connectivity index (χ1) is 7.46. The maximum atomic E-state index is 11.7. The minimum atomic E-state index is -0.674. The van der Waals surface area contributed by atoms with Gasteiger partial charge in [0.05, 0.1) is 18.1 Å². The quantitative estimate of drug-likeness (QED) is 0.536. The fourth-order valence-electron chi connectivity index (χ4n) is 1.34. The molecule has 3 nitrogen and oxygen atoms in total. The molecule has 0 aromatic heterocycles. The van der Waals surface area contributed by atoms with Crippen LogP contribution in [0.1, 0.15) is 33.6 Å². The summed E-state index contributed by atoms with van der Waals surface area (Å²) in [6.45, 7) is 9.31. The van der Waals surface area contributed by atoms with E-state index in [2.05, 4.69) is 6.58 Å². The highest BCUT2D eigenvalue weighted by Crippen LogP contribution is 2.26. The van der Waals surface area contributed by atoms with Crippen LogP contribution in [0.4, 0.5) is 0 Å². The number of aliphatic hydroxyl groups is 1. The lowest BCUT2D eigenvalue weighted by atomic mass is 9.86. The number of aliphatic hydroxyl groups excluding tert-OH is 1. The van der Waals surface area contributed by atoms with Gasteiger partial charge in [-0.15, -0.1) is 6.58 Å². The third-order valence-corrected chi connectivity index (χ3v) is 2.27. The Hall–Kier alpha value is -1.09. The molecule has 16 heavy (non-hydrogen) atoms. The number of carbonyl (C=O) groups is 1. The van der Waals surface area contributed by atoms with Crippen molar-refractivity contribution in [2.24, 2.45) is 5.41 Å². The average Bonchev–Trinajstić information content (AvgIpc) is 2.17. The van der Waals surface area contributed by atoms with E-state index in [1.54, 1.807) is 26.0 Å². The van der Waals surface area contributed by atoms with Crippen molar-refractivity contribution in [1.29, 1.82) is 0 Å². The fraction of sp³-hybridized carbons (Fsp3) is 0.615. The lowest BCUT2D eigenvalue weighted by molar-refractivity contribution is -0.151. The molecule has 0 aromatic carbocycles. The molecule has 2 unspecified atom stereocenters. The summed E-state index contributed by atoms with van der Waals surface area (Å²) in [6.07, 6.45) is 5.97. The van der Waals surface area contributed by atoms with Crippen molar-refractivity contribution in [3.8, 4) is 0 Å². The molecule has 0 amide bonds. The summed E-state index contributed by atoms with van der Waals surface area (Å²) in [5, 5.41) is 9.13. The predicted molar refractivity (Wildman–Crippen MR) is 65.0 cm³/mol. The van der Waals surface area contributed by atoms with Gasteiger partial charge in [-0.1, -0.05) is 18.2 Å². The Morgan fingerprint density at radius 3 is 2.69 bits per heavy atom. The van der Waals surface area contributed by atoms with E-state index in [0.29, 0.717) is 19.4 Å². The molecule has 0 saturated heterocycles. The van der Waals surface area contributed by atoms with Crippen LogP contribution in [0.25, 0.3) is 0 Å². The number of carbonyl (C=O) groups excluding carboxylic acids is 1. The lowest BCUT2D eigenvalue weighted by Gasteiger charge is -2.22. The molecule has 1 N–H and O–H groups in total. The second-order valence-corrected chi connectivity index (χ2v) is 4.12. The second-order valence-electron chi connectivity index (χ2n) is 4.12. The molecule has 0 radical (unpaired) electrons. The molecule has 0 fully saturated rings. The van der Waals surface area contributed by atoms with Gasteiger partial charge in [-0.2, -0.15) is 0 Å². The highest BCUT2D eigenvalue weighted by Gasteiger charge is 2.30. The molecule has 0 aliphatic rings. The predicted octanol–water partition coefficient (Wildman–Crippen LogP) is 2.46. The zero-order chi connectivity index (χ0) is 12.6. The molecule has 0 aromatic rings. The molecule has 0 rings (SSSR count). The maximum absolute atomic E-state index is 11.7. The summed E-state index contributed by atoms with van der Waals surface area (Å²) >= 11 is 0. The van der Waals surface area contributed by atoms with Crippen LogP contribution in [0.3, 0.4) is 0 Å². The zero-order valence-electron chi connectivity index (χ0n) is 10.4. The molecular formula is C13H22O3. The smallest absolute Gasteiger partial charge is 0.315 e. The second kappa shape index (κ2) is 7.23. The molecule has 0 saturated carbocycles. The Morgan fingerprint density at radius 1 is 1.62 bits per heavy atom. The van der Waals surface area contributed by atoms with E-state index in [9.17, 15) is 4.79 Å². The zero-order valence-corrected chi connectivity index (χ0v) is 10.4. The van der Waals surface area contributed by atoms with Gasteiger partial charge in [-0.25, -0.2) is 0 Å². The largest absolute Gasteiger partial charge is 0.465 e. The fourth-order valence-corrected chi connectivity index (χ4v) is 1.34. The summed E-state index contributed by atoms with van der Waals surface area (Å²) in [4.78, 5) is 11.7. The summed E-state index contributed by atoms with van der Waals surface area (Å²) in [6, 6.07) is 0. The highest BCUT2D eigenvalue weighted by molar-refractivity contribution is 5.78. The molecule has 0 aliphatic heterocycles. The van der Waals surface area contributed by atoms with Crippen LogP contribution in [0.2, 0.25) is 0 Å². The third-order valence-electron chi connectivity index (χ3n) is 2.27. The van der Waals surface area contributed by atoms with Gasteiger partial charge in [-0.3, -0.25) is 4.79 Å². The van der Waals surface area contributed by atoms with E-state index in [1.165, 1.54) is 0 Å².